The van der Waals surface area contributed by atoms with Crippen molar-refractivity contribution in [2.45, 2.75) is 46.9 Å². The van der Waals surface area contributed by atoms with Gasteiger partial charge in [0.2, 0.25) is 0 Å². The van der Waals surface area contributed by atoms with Crippen molar-refractivity contribution in [2.24, 2.45) is 12.0 Å². The van der Waals surface area contributed by atoms with Crippen LogP contribution in [0.2, 0.25) is 0 Å². The van der Waals surface area contributed by atoms with E-state index in [9.17, 15) is 0 Å². The second-order valence-electron chi connectivity index (χ2n) is 7.40. The van der Waals surface area contributed by atoms with Crippen LogP contribution in [0.3, 0.4) is 0 Å². The van der Waals surface area contributed by atoms with Gasteiger partial charge in [0.1, 0.15) is 11.6 Å². The molecule has 7 heteroatoms. The number of nitrogens with one attached hydrogen (secondary N) is 2. The molecule has 0 fully saturated rings. The summed E-state index contributed by atoms with van der Waals surface area (Å²) in [6.07, 6.45) is 0.128. The predicted octanol–water partition coefficient (Wildman–Crippen LogP) is 4.54. The molecule has 2 aromatic carbocycles. The zero-order chi connectivity index (χ0) is 20.8. The molecule has 0 saturated heterocycles. The third-order valence-electron chi connectivity index (χ3n) is 4.63. The summed E-state index contributed by atoms with van der Waals surface area (Å²) in [7, 11) is 2.04. The van der Waals surface area contributed by atoms with Crippen molar-refractivity contribution in [2.75, 3.05) is 6.54 Å². The second-order valence-corrected chi connectivity index (χ2v) is 7.40. The average molecular weight is 521 g/mol. The van der Waals surface area contributed by atoms with Crippen molar-refractivity contribution in [3.05, 3.63) is 59.4 Å². The van der Waals surface area contributed by atoms with Gasteiger partial charge in [-0.25, -0.2) is 9.98 Å². The Kier molecular flexibility index (Phi) is 8.95. The van der Waals surface area contributed by atoms with E-state index in [4.69, 9.17) is 14.7 Å². The Hall–Kier alpha value is -2.29. The molecule has 0 radical (unpaired) electrons. The molecule has 0 aliphatic heterocycles. The summed E-state index contributed by atoms with van der Waals surface area (Å²) < 4.78 is 8.09. The van der Waals surface area contributed by atoms with Crippen LogP contribution in [0.5, 0.6) is 5.75 Å². The van der Waals surface area contributed by atoms with Gasteiger partial charge in [0.05, 0.1) is 30.2 Å². The fourth-order valence-electron chi connectivity index (χ4n) is 3.18. The molecule has 0 atom stereocenters. The Morgan fingerprint density at radius 1 is 1.17 bits per heavy atom. The molecule has 3 rings (SSSR count). The van der Waals surface area contributed by atoms with E-state index in [2.05, 4.69) is 53.3 Å². The number of rotatable bonds is 7. The van der Waals surface area contributed by atoms with Gasteiger partial charge in [0, 0.05) is 19.2 Å². The minimum absolute atomic E-state index is 0. The third-order valence-corrected chi connectivity index (χ3v) is 4.63. The molecule has 30 heavy (non-hydrogen) atoms. The van der Waals surface area contributed by atoms with Crippen LogP contribution in [0.25, 0.3) is 11.0 Å². The number of halogens is 1. The van der Waals surface area contributed by atoms with Gasteiger partial charge in [0.15, 0.2) is 5.96 Å². The van der Waals surface area contributed by atoms with E-state index < -0.39 is 0 Å². The number of hydrogen-bond donors (Lipinski definition) is 2. The first-order valence-electron chi connectivity index (χ1n) is 10.2. The number of para-hydroxylation sites is 2. The van der Waals surface area contributed by atoms with E-state index in [1.807, 2.05) is 39.1 Å². The number of guanidine groups is 1. The first kappa shape index (κ1) is 24.0. The molecule has 162 valence electrons. The van der Waals surface area contributed by atoms with Gasteiger partial charge in [-0.1, -0.05) is 24.3 Å². The minimum atomic E-state index is 0. The fourth-order valence-corrected chi connectivity index (χ4v) is 3.18. The number of nitrogens with zero attached hydrogens (tertiary/aromatic N) is 3. The van der Waals surface area contributed by atoms with Gasteiger partial charge in [-0.05, 0) is 51.5 Å². The highest BCUT2D eigenvalue weighted by Gasteiger charge is 2.09. The lowest BCUT2D eigenvalue weighted by atomic mass is 10.1. The van der Waals surface area contributed by atoms with Crippen molar-refractivity contribution in [1.82, 2.24) is 20.2 Å². The molecule has 0 saturated carbocycles. The number of ether oxygens (including phenoxy) is 1. The largest absolute Gasteiger partial charge is 0.491 e. The standard InChI is InChI=1S/C23H31N5O.HI/c1-6-24-23(25-14-18-12-11-17(4)13-21(18)29-16(2)3)26-15-22-27-19-9-7-8-10-20(19)28(22)5;/h7-13,16H,6,14-15H2,1-5H3,(H2,24,25,26);1H. The van der Waals surface area contributed by atoms with Crippen molar-refractivity contribution in [1.29, 1.82) is 0 Å². The van der Waals surface area contributed by atoms with Crippen LogP contribution in [-0.2, 0) is 20.1 Å². The van der Waals surface area contributed by atoms with Crippen molar-refractivity contribution in [3.63, 3.8) is 0 Å². The summed E-state index contributed by atoms with van der Waals surface area (Å²) in [5.41, 5.74) is 4.38. The van der Waals surface area contributed by atoms with Gasteiger partial charge < -0.3 is 19.9 Å². The highest BCUT2D eigenvalue weighted by molar-refractivity contribution is 14.0. The SMILES string of the molecule is CCNC(=NCc1ccc(C)cc1OC(C)C)NCc1nc2ccccc2n1C.I. The van der Waals surface area contributed by atoms with Crippen molar-refractivity contribution >= 4 is 41.0 Å². The molecular weight excluding hydrogens is 489 g/mol. The molecule has 2 N–H and O–H groups in total. The number of aliphatic imine (C=N–C) groups is 1. The maximum Gasteiger partial charge on any atom is 0.191 e. The summed E-state index contributed by atoms with van der Waals surface area (Å²) in [6, 6.07) is 14.4. The molecule has 0 aliphatic rings. The molecule has 1 heterocycles. The van der Waals surface area contributed by atoms with E-state index in [0.29, 0.717) is 13.1 Å². The van der Waals surface area contributed by atoms with E-state index in [-0.39, 0.29) is 30.1 Å². The maximum absolute atomic E-state index is 5.97. The van der Waals surface area contributed by atoms with Crippen LogP contribution < -0.4 is 15.4 Å². The predicted molar refractivity (Wildman–Crippen MR) is 135 cm³/mol. The number of benzene rings is 2. The molecule has 1 aromatic heterocycles. The normalized spacial score (nSPS) is 11.5. The van der Waals surface area contributed by atoms with Gasteiger partial charge in [-0.3, -0.25) is 0 Å². The number of aryl methyl sites for hydroxylation is 2. The van der Waals surface area contributed by atoms with Crippen LogP contribution in [0, 0.1) is 6.92 Å². The molecule has 6 nitrogen and oxygen atoms in total. The summed E-state index contributed by atoms with van der Waals surface area (Å²) in [4.78, 5) is 9.47. The van der Waals surface area contributed by atoms with Crippen molar-refractivity contribution in [3.8, 4) is 5.75 Å². The number of imidazole rings is 1. The first-order valence-corrected chi connectivity index (χ1v) is 10.2. The summed E-state index contributed by atoms with van der Waals surface area (Å²) in [6.45, 7) is 10.1. The summed E-state index contributed by atoms with van der Waals surface area (Å²) >= 11 is 0. The Morgan fingerprint density at radius 3 is 2.63 bits per heavy atom. The van der Waals surface area contributed by atoms with Crippen LogP contribution in [-0.4, -0.2) is 28.2 Å². The molecule has 0 bridgehead atoms. The third kappa shape index (κ3) is 6.10. The molecule has 0 amide bonds. The lowest BCUT2D eigenvalue weighted by Gasteiger charge is -2.15. The first-order chi connectivity index (χ1) is 14.0. The van der Waals surface area contributed by atoms with Crippen LogP contribution in [0.15, 0.2) is 47.5 Å². The van der Waals surface area contributed by atoms with Gasteiger partial charge in [-0.15, -0.1) is 24.0 Å². The Morgan fingerprint density at radius 2 is 1.93 bits per heavy atom. The maximum atomic E-state index is 5.97. The molecule has 0 aliphatic carbocycles. The van der Waals surface area contributed by atoms with E-state index in [0.717, 1.165) is 40.7 Å². The average Bonchev–Trinajstić information content (AvgIpc) is 3.01. The quantitative estimate of drug-likeness (QED) is 0.272. The molecule has 0 spiro atoms. The van der Waals surface area contributed by atoms with Gasteiger partial charge in [0.25, 0.3) is 0 Å². The van der Waals surface area contributed by atoms with Crippen LogP contribution in [0.1, 0.15) is 37.7 Å². The lowest BCUT2D eigenvalue weighted by Crippen LogP contribution is -2.37. The highest BCUT2D eigenvalue weighted by Crippen LogP contribution is 2.22. The Labute approximate surface area is 196 Å². The number of fused-ring (bicyclic) bond motifs is 1. The van der Waals surface area contributed by atoms with Crippen LogP contribution in [0.4, 0.5) is 0 Å². The van der Waals surface area contributed by atoms with Gasteiger partial charge >= 0.3 is 0 Å². The monoisotopic (exact) mass is 521 g/mol. The number of hydrogen-bond acceptors (Lipinski definition) is 3. The summed E-state index contributed by atoms with van der Waals surface area (Å²) in [5, 5.41) is 6.70. The number of aromatic nitrogens is 2. The Bertz CT molecular complexity index is 996. The lowest BCUT2D eigenvalue weighted by molar-refractivity contribution is 0.240. The van der Waals surface area contributed by atoms with E-state index in [1.54, 1.807) is 0 Å². The van der Waals surface area contributed by atoms with E-state index in [1.165, 1.54) is 5.56 Å². The zero-order valence-corrected chi connectivity index (χ0v) is 20.7. The van der Waals surface area contributed by atoms with Crippen LogP contribution >= 0.6 is 24.0 Å². The minimum Gasteiger partial charge on any atom is -0.491 e. The summed E-state index contributed by atoms with van der Waals surface area (Å²) in [5.74, 6) is 2.63. The van der Waals surface area contributed by atoms with E-state index >= 15 is 0 Å². The highest BCUT2D eigenvalue weighted by atomic mass is 127. The second kappa shape index (κ2) is 11.2. The molecular formula is C23H32IN5O. The smallest absolute Gasteiger partial charge is 0.191 e. The zero-order valence-electron chi connectivity index (χ0n) is 18.4. The van der Waals surface area contributed by atoms with Gasteiger partial charge in [-0.2, -0.15) is 0 Å². The Balaban J connectivity index is 0.00000320. The fraction of sp³-hybridized carbons (Fsp3) is 0.391. The topological polar surface area (TPSA) is 63.5 Å². The van der Waals surface area contributed by atoms with Crippen molar-refractivity contribution < 1.29 is 4.74 Å². The molecule has 3 aromatic rings. The molecule has 0 unspecified atom stereocenters.